The van der Waals surface area contributed by atoms with Gasteiger partial charge in [0.1, 0.15) is 12.2 Å². The van der Waals surface area contributed by atoms with Crippen LogP contribution in [0.15, 0.2) is 36.5 Å². The Balaban J connectivity index is 3.80. The van der Waals surface area contributed by atoms with Crippen molar-refractivity contribution in [2.45, 2.75) is 224 Å². The average Bonchev–Trinajstić information content (AvgIpc) is 3.11. The molecule has 0 aromatic heterocycles. The van der Waals surface area contributed by atoms with Gasteiger partial charge < -0.3 is 25.7 Å². The topological polar surface area (TPSA) is 110 Å². The molecule has 4 unspecified atom stereocenters. The van der Waals surface area contributed by atoms with Gasteiger partial charge in [-0.05, 0) is 64.2 Å². The Kier molecular flexibility index (Phi) is 36.6. The molecule has 0 radical (unpaired) electrons. The molecule has 0 fully saturated rings. The average molecular weight is 692 g/mol. The molecule has 5 N–H and O–H groups in total. The SMILES string of the molecule is CCCCCCCCCCCCC/C=C/CC/C=C/CC/C=C/CCCC(O)C(O)C(CO)NC(=O)C(O)CCCCCCCCCCC. The summed E-state index contributed by atoms with van der Waals surface area (Å²) in [5.74, 6) is -0.604. The van der Waals surface area contributed by atoms with Crippen LogP contribution in [0.1, 0.15) is 200 Å². The van der Waals surface area contributed by atoms with Crippen LogP contribution in [-0.4, -0.2) is 57.3 Å². The third kappa shape index (κ3) is 32.2. The fourth-order valence-electron chi connectivity index (χ4n) is 6.20. The number of aliphatic hydroxyl groups is 4. The molecule has 4 atom stereocenters. The summed E-state index contributed by atoms with van der Waals surface area (Å²) in [4.78, 5) is 12.4. The van der Waals surface area contributed by atoms with Crippen molar-refractivity contribution in [3.05, 3.63) is 36.5 Å². The van der Waals surface area contributed by atoms with Crippen LogP contribution in [-0.2, 0) is 4.79 Å². The molecule has 6 heteroatoms. The van der Waals surface area contributed by atoms with E-state index in [-0.39, 0.29) is 0 Å². The molecule has 0 aliphatic rings. The molecule has 288 valence electrons. The van der Waals surface area contributed by atoms with Crippen LogP contribution in [0.3, 0.4) is 0 Å². The van der Waals surface area contributed by atoms with Gasteiger partial charge in [0.2, 0.25) is 5.91 Å². The smallest absolute Gasteiger partial charge is 0.249 e. The van der Waals surface area contributed by atoms with Crippen LogP contribution >= 0.6 is 0 Å². The van der Waals surface area contributed by atoms with Crippen molar-refractivity contribution >= 4 is 5.91 Å². The molecule has 0 saturated carbocycles. The first kappa shape index (κ1) is 47.5. The summed E-state index contributed by atoms with van der Waals surface area (Å²) in [5.41, 5.74) is 0. The van der Waals surface area contributed by atoms with Crippen LogP contribution in [0.25, 0.3) is 0 Å². The van der Waals surface area contributed by atoms with Crippen molar-refractivity contribution in [1.29, 1.82) is 0 Å². The third-order valence-electron chi connectivity index (χ3n) is 9.56. The van der Waals surface area contributed by atoms with E-state index in [1.807, 2.05) is 0 Å². The number of carbonyl (C=O) groups excluding carboxylic acids is 1. The minimum atomic E-state index is -1.29. The maximum atomic E-state index is 12.4. The summed E-state index contributed by atoms with van der Waals surface area (Å²) < 4.78 is 0. The molecule has 0 saturated heterocycles. The lowest BCUT2D eigenvalue weighted by Crippen LogP contribution is -2.53. The molecule has 0 aliphatic heterocycles. The highest BCUT2D eigenvalue weighted by atomic mass is 16.3. The number of nitrogens with one attached hydrogen (secondary N) is 1. The van der Waals surface area contributed by atoms with Gasteiger partial charge >= 0.3 is 0 Å². The maximum Gasteiger partial charge on any atom is 0.249 e. The van der Waals surface area contributed by atoms with Crippen LogP contribution in [0.5, 0.6) is 0 Å². The minimum Gasteiger partial charge on any atom is -0.394 e. The number of allylic oxidation sites excluding steroid dienone is 6. The Morgan fingerprint density at radius 1 is 0.490 bits per heavy atom. The number of hydrogen-bond donors (Lipinski definition) is 5. The second-order valence-electron chi connectivity index (χ2n) is 14.3. The number of aliphatic hydroxyl groups excluding tert-OH is 4. The first-order chi connectivity index (χ1) is 24.0. The molecule has 0 aliphatic carbocycles. The largest absolute Gasteiger partial charge is 0.394 e. The highest BCUT2D eigenvalue weighted by molar-refractivity contribution is 5.80. The number of carbonyl (C=O) groups is 1. The van der Waals surface area contributed by atoms with E-state index in [1.54, 1.807) is 0 Å². The van der Waals surface area contributed by atoms with E-state index >= 15 is 0 Å². The van der Waals surface area contributed by atoms with Crippen molar-refractivity contribution < 1.29 is 25.2 Å². The normalized spacial score (nSPS) is 14.7. The summed E-state index contributed by atoms with van der Waals surface area (Å²) in [7, 11) is 0. The second-order valence-corrected chi connectivity index (χ2v) is 14.3. The maximum absolute atomic E-state index is 12.4. The molecule has 0 rings (SSSR count). The van der Waals surface area contributed by atoms with Gasteiger partial charge in [-0.2, -0.15) is 0 Å². The van der Waals surface area contributed by atoms with Gasteiger partial charge in [-0.15, -0.1) is 0 Å². The molecular weight excluding hydrogens is 610 g/mol. The van der Waals surface area contributed by atoms with E-state index in [0.717, 1.165) is 51.4 Å². The molecule has 0 heterocycles. The highest BCUT2D eigenvalue weighted by Gasteiger charge is 2.28. The zero-order chi connectivity index (χ0) is 36.0. The van der Waals surface area contributed by atoms with Gasteiger partial charge in [0, 0.05) is 0 Å². The van der Waals surface area contributed by atoms with Crippen molar-refractivity contribution in [1.82, 2.24) is 5.32 Å². The molecule has 6 nitrogen and oxygen atoms in total. The molecule has 49 heavy (non-hydrogen) atoms. The number of hydrogen-bond acceptors (Lipinski definition) is 5. The summed E-state index contributed by atoms with van der Waals surface area (Å²) in [6, 6.07) is -1.01. The molecular formula is C43H81NO5. The zero-order valence-corrected chi connectivity index (χ0v) is 32.2. The number of unbranched alkanes of at least 4 members (excludes halogenated alkanes) is 22. The lowest BCUT2D eigenvalue weighted by molar-refractivity contribution is -0.132. The summed E-state index contributed by atoms with van der Waals surface area (Å²) in [5, 5.41) is 43.4. The standard InChI is InChI=1S/C43H81NO5/c1-3-5-7-9-11-13-14-15-16-17-18-19-20-21-22-23-24-25-26-27-29-30-32-34-36-40(46)42(48)39(38-45)44-43(49)41(47)37-35-33-31-28-12-10-8-6-4-2/h20-21,24-25,29-30,39-42,45-48H,3-19,22-23,26-28,31-38H2,1-2H3,(H,44,49)/b21-20+,25-24+,30-29+. The molecule has 0 aromatic carbocycles. The fraction of sp³-hybridized carbons (Fsp3) is 0.837. The fourth-order valence-corrected chi connectivity index (χ4v) is 6.20. The van der Waals surface area contributed by atoms with E-state index in [0.29, 0.717) is 19.3 Å². The van der Waals surface area contributed by atoms with Crippen LogP contribution in [0, 0.1) is 0 Å². The summed E-state index contributed by atoms with van der Waals surface area (Å²) in [6.45, 7) is 3.99. The van der Waals surface area contributed by atoms with Crippen LogP contribution in [0.4, 0.5) is 0 Å². The lowest BCUT2D eigenvalue weighted by atomic mass is 10.00. The van der Waals surface area contributed by atoms with Crippen molar-refractivity contribution in [3.63, 3.8) is 0 Å². The highest BCUT2D eigenvalue weighted by Crippen LogP contribution is 2.14. The molecule has 0 bridgehead atoms. The Labute approximate surface area is 303 Å². The van der Waals surface area contributed by atoms with Gasteiger partial charge in [0.25, 0.3) is 0 Å². The van der Waals surface area contributed by atoms with Crippen molar-refractivity contribution in [2.75, 3.05) is 6.61 Å². The van der Waals surface area contributed by atoms with Crippen LogP contribution in [0.2, 0.25) is 0 Å². The monoisotopic (exact) mass is 692 g/mol. The minimum absolute atomic E-state index is 0.359. The predicted molar refractivity (Wildman–Crippen MR) is 210 cm³/mol. The van der Waals surface area contributed by atoms with Gasteiger partial charge in [-0.25, -0.2) is 0 Å². The van der Waals surface area contributed by atoms with E-state index < -0.39 is 36.9 Å². The van der Waals surface area contributed by atoms with Gasteiger partial charge in [0.05, 0.1) is 18.8 Å². The van der Waals surface area contributed by atoms with Crippen molar-refractivity contribution in [3.8, 4) is 0 Å². The Morgan fingerprint density at radius 3 is 1.29 bits per heavy atom. The Bertz CT molecular complexity index is 782. The quantitative estimate of drug-likeness (QED) is 0.0329. The lowest BCUT2D eigenvalue weighted by Gasteiger charge is -2.27. The van der Waals surface area contributed by atoms with E-state index in [4.69, 9.17) is 0 Å². The molecule has 1 amide bonds. The van der Waals surface area contributed by atoms with Gasteiger partial charge in [0.15, 0.2) is 0 Å². The second kappa shape index (κ2) is 37.8. The third-order valence-corrected chi connectivity index (χ3v) is 9.56. The molecule has 0 spiro atoms. The summed E-state index contributed by atoms with van der Waals surface area (Å²) >= 11 is 0. The van der Waals surface area contributed by atoms with Gasteiger partial charge in [-0.1, -0.05) is 172 Å². The van der Waals surface area contributed by atoms with E-state index in [1.165, 1.54) is 116 Å². The first-order valence-corrected chi connectivity index (χ1v) is 20.9. The number of rotatable bonds is 37. The Hall–Kier alpha value is -1.47. The van der Waals surface area contributed by atoms with E-state index in [9.17, 15) is 25.2 Å². The van der Waals surface area contributed by atoms with Crippen molar-refractivity contribution in [2.24, 2.45) is 0 Å². The molecule has 0 aromatic rings. The summed E-state index contributed by atoms with van der Waals surface area (Å²) in [6.07, 6.45) is 43.3. The predicted octanol–water partition coefficient (Wildman–Crippen LogP) is 10.6. The first-order valence-electron chi connectivity index (χ1n) is 20.9. The van der Waals surface area contributed by atoms with Gasteiger partial charge in [-0.3, -0.25) is 4.79 Å². The number of amides is 1. The zero-order valence-electron chi connectivity index (χ0n) is 32.2. The Morgan fingerprint density at radius 2 is 0.857 bits per heavy atom. The van der Waals surface area contributed by atoms with E-state index in [2.05, 4.69) is 55.6 Å². The van der Waals surface area contributed by atoms with Crippen LogP contribution < -0.4 is 5.32 Å².